The van der Waals surface area contributed by atoms with Gasteiger partial charge in [0.15, 0.2) is 0 Å². The third-order valence-electron chi connectivity index (χ3n) is 4.61. The topological polar surface area (TPSA) is 110 Å². The molecule has 1 aliphatic rings. The number of sulfonamides is 1. The number of nitrogens with zero attached hydrogens (tertiary/aromatic N) is 2. The first-order chi connectivity index (χ1) is 13.4. The van der Waals surface area contributed by atoms with Gasteiger partial charge < -0.3 is 4.90 Å². The fourth-order valence-corrected chi connectivity index (χ4v) is 4.18. The quantitative estimate of drug-likeness (QED) is 0.608. The zero-order valence-electron chi connectivity index (χ0n) is 15.2. The maximum Gasteiger partial charge on any atom is 0.269 e. The van der Waals surface area contributed by atoms with Gasteiger partial charge in [0.2, 0.25) is 0 Å². The minimum Gasteiger partial charge on any atom is -0.339 e. The molecule has 3 rings (SSSR count). The van der Waals surface area contributed by atoms with Gasteiger partial charge in [-0.15, -0.1) is 0 Å². The molecule has 2 aromatic carbocycles. The van der Waals surface area contributed by atoms with Crippen molar-refractivity contribution in [3.05, 3.63) is 64.2 Å². The average Bonchev–Trinajstić information content (AvgIpc) is 2.97. The highest BCUT2D eigenvalue weighted by molar-refractivity contribution is 7.92. The van der Waals surface area contributed by atoms with E-state index in [1.54, 1.807) is 23.1 Å². The summed E-state index contributed by atoms with van der Waals surface area (Å²) in [4.78, 5) is 24.5. The number of benzene rings is 2. The molecule has 0 aromatic heterocycles. The van der Waals surface area contributed by atoms with Gasteiger partial charge in [0.05, 0.1) is 9.82 Å². The highest BCUT2D eigenvalue weighted by Crippen LogP contribution is 2.21. The summed E-state index contributed by atoms with van der Waals surface area (Å²) in [5.41, 5.74) is 0.494. The Morgan fingerprint density at radius 2 is 1.64 bits per heavy atom. The number of hydrogen-bond acceptors (Lipinski definition) is 5. The minimum absolute atomic E-state index is 0.0950. The molecule has 148 valence electrons. The standard InChI is InChI=1S/C19H21N3O5S/c23-19(21-12-3-1-2-4-13-21)15-6-5-7-16(14-15)20-28(26,27)18-10-8-17(9-11-18)22(24)25/h5-11,14,20H,1-4,12-13H2. The molecule has 8 nitrogen and oxygen atoms in total. The van der Waals surface area contributed by atoms with Gasteiger partial charge in [-0.3, -0.25) is 19.6 Å². The predicted molar refractivity (Wildman–Crippen MR) is 105 cm³/mol. The molecule has 0 radical (unpaired) electrons. The summed E-state index contributed by atoms with van der Waals surface area (Å²) in [6, 6.07) is 11.0. The number of nitrogens with one attached hydrogen (secondary N) is 1. The van der Waals surface area contributed by atoms with Crippen molar-refractivity contribution in [3.8, 4) is 0 Å². The lowest BCUT2D eigenvalue weighted by atomic mass is 10.1. The maximum absolute atomic E-state index is 12.7. The van der Waals surface area contributed by atoms with E-state index >= 15 is 0 Å². The maximum atomic E-state index is 12.7. The molecule has 1 fully saturated rings. The SMILES string of the molecule is O=C(c1cccc(NS(=O)(=O)c2ccc([N+](=O)[O-])cc2)c1)N1CCCCCC1. The average molecular weight is 403 g/mol. The van der Waals surface area contributed by atoms with Crippen molar-refractivity contribution >= 4 is 27.3 Å². The van der Waals surface area contributed by atoms with Crippen LogP contribution in [-0.2, 0) is 10.0 Å². The molecule has 1 amide bonds. The van der Waals surface area contributed by atoms with E-state index in [-0.39, 0.29) is 22.2 Å². The molecule has 1 aliphatic heterocycles. The molecule has 0 bridgehead atoms. The largest absolute Gasteiger partial charge is 0.339 e. The minimum atomic E-state index is -3.93. The number of amides is 1. The number of nitro groups is 1. The smallest absolute Gasteiger partial charge is 0.269 e. The number of carbonyl (C=O) groups excluding carboxylic acids is 1. The second-order valence-corrected chi connectivity index (χ2v) is 8.33. The molecule has 9 heteroatoms. The number of likely N-dealkylation sites (tertiary alicyclic amines) is 1. The third kappa shape index (κ3) is 4.66. The Labute approximate surface area is 163 Å². The first kappa shape index (κ1) is 19.8. The molecule has 0 saturated carbocycles. The van der Waals surface area contributed by atoms with Crippen molar-refractivity contribution in [3.63, 3.8) is 0 Å². The molecule has 1 saturated heterocycles. The fourth-order valence-electron chi connectivity index (χ4n) is 3.13. The molecule has 1 N–H and O–H groups in total. The Hall–Kier alpha value is -2.94. The summed E-state index contributed by atoms with van der Waals surface area (Å²) < 4.78 is 27.5. The lowest BCUT2D eigenvalue weighted by Gasteiger charge is -2.20. The molecule has 0 aliphatic carbocycles. The van der Waals surface area contributed by atoms with Crippen LogP contribution < -0.4 is 4.72 Å². The summed E-state index contributed by atoms with van der Waals surface area (Å²) >= 11 is 0. The predicted octanol–water partition coefficient (Wildman–Crippen LogP) is 3.41. The van der Waals surface area contributed by atoms with Crippen LogP contribution in [0.1, 0.15) is 36.0 Å². The van der Waals surface area contributed by atoms with E-state index in [2.05, 4.69) is 4.72 Å². The summed E-state index contributed by atoms with van der Waals surface area (Å²) in [6.07, 6.45) is 4.16. The number of non-ortho nitro benzene ring substituents is 1. The molecule has 2 aromatic rings. The second-order valence-electron chi connectivity index (χ2n) is 6.64. The highest BCUT2D eigenvalue weighted by Gasteiger charge is 2.19. The van der Waals surface area contributed by atoms with Gasteiger partial charge in [-0.2, -0.15) is 0 Å². The van der Waals surface area contributed by atoms with Crippen LogP contribution in [0.5, 0.6) is 0 Å². The molecule has 28 heavy (non-hydrogen) atoms. The van der Waals surface area contributed by atoms with Crippen molar-refractivity contribution in [1.29, 1.82) is 0 Å². The van der Waals surface area contributed by atoms with Crippen LogP contribution in [0, 0.1) is 10.1 Å². The van der Waals surface area contributed by atoms with Crippen LogP contribution in [0.3, 0.4) is 0 Å². The molecule has 0 unspecified atom stereocenters. The Balaban J connectivity index is 1.77. The second kappa shape index (κ2) is 8.39. The van der Waals surface area contributed by atoms with E-state index in [0.29, 0.717) is 18.7 Å². The van der Waals surface area contributed by atoms with Crippen LogP contribution >= 0.6 is 0 Å². The zero-order valence-corrected chi connectivity index (χ0v) is 16.0. The lowest BCUT2D eigenvalue weighted by Crippen LogP contribution is -2.31. The molecule has 1 heterocycles. The van der Waals surface area contributed by atoms with E-state index in [1.807, 2.05) is 0 Å². The summed E-state index contributed by atoms with van der Waals surface area (Å²) in [6.45, 7) is 1.41. The Bertz CT molecular complexity index is 965. The van der Waals surface area contributed by atoms with Gasteiger partial charge in [-0.05, 0) is 43.2 Å². The van der Waals surface area contributed by atoms with Crippen molar-refractivity contribution in [1.82, 2.24) is 4.90 Å². The fraction of sp³-hybridized carbons (Fsp3) is 0.316. The Kier molecular flexibility index (Phi) is 5.93. The summed E-state index contributed by atoms with van der Waals surface area (Å²) in [5, 5.41) is 10.7. The first-order valence-corrected chi connectivity index (χ1v) is 10.5. The summed E-state index contributed by atoms with van der Waals surface area (Å²) in [5.74, 6) is -0.113. The molecule has 0 atom stereocenters. The molecule has 0 spiro atoms. The van der Waals surface area contributed by atoms with Gasteiger partial charge in [0.1, 0.15) is 0 Å². The summed E-state index contributed by atoms with van der Waals surface area (Å²) in [7, 11) is -3.93. The molecular formula is C19H21N3O5S. The van der Waals surface area contributed by atoms with Crippen LogP contribution in [0.15, 0.2) is 53.4 Å². The van der Waals surface area contributed by atoms with Crippen molar-refractivity contribution < 1.29 is 18.1 Å². The van der Waals surface area contributed by atoms with Gasteiger partial charge >= 0.3 is 0 Å². The number of nitro benzene ring substituents is 1. The Morgan fingerprint density at radius 1 is 1.00 bits per heavy atom. The lowest BCUT2D eigenvalue weighted by molar-refractivity contribution is -0.384. The van der Waals surface area contributed by atoms with Gasteiger partial charge in [-0.25, -0.2) is 8.42 Å². The van der Waals surface area contributed by atoms with Crippen LogP contribution in [0.25, 0.3) is 0 Å². The number of rotatable bonds is 5. The van der Waals surface area contributed by atoms with E-state index in [4.69, 9.17) is 0 Å². The van der Waals surface area contributed by atoms with Crippen molar-refractivity contribution in [2.75, 3.05) is 17.8 Å². The number of anilines is 1. The van der Waals surface area contributed by atoms with E-state index in [0.717, 1.165) is 37.8 Å². The number of carbonyl (C=O) groups is 1. The first-order valence-electron chi connectivity index (χ1n) is 9.03. The van der Waals surface area contributed by atoms with E-state index < -0.39 is 14.9 Å². The number of hydrogen-bond donors (Lipinski definition) is 1. The van der Waals surface area contributed by atoms with Crippen LogP contribution in [-0.4, -0.2) is 37.2 Å². The Morgan fingerprint density at radius 3 is 2.25 bits per heavy atom. The van der Waals surface area contributed by atoms with Crippen molar-refractivity contribution in [2.45, 2.75) is 30.6 Å². The normalized spacial score (nSPS) is 14.9. The van der Waals surface area contributed by atoms with Gasteiger partial charge in [-0.1, -0.05) is 18.9 Å². The monoisotopic (exact) mass is 403 g/mol. The van der Waals surface area contributed by atoms with E-state index in [1.165, 1.54) is 18.2 Å². The van der Waals surface area contributed by atoms with Crippen molar-refractivity contribution in [2.24, 2.45) is 0 Å². The zero-order chi connectivity index (χ0) is 20.1. The third-order valence-corrected chi connectivity index (χ3v) is 6.01. The van der Waals surface area contributed by atoms with Crippen LogP contribution in [0.4, 0.5) is 11.4 Å². The van der Waals surface area contributed by atoms with Crippen LogP contribution in [0.2, 0.25) is 0 Å². The highest BCUT2D eigenvalue weighted by atomic mass is 32.2. The van der Waals surface area contributed by atoms with E-state index in [9.17, 15) is 23.3 Å². The van der Waals surface area contributed by atoms with Gasteiger partial charge in [0.25, 0.3) is 21.6 Å². The van der Waals surface area contributed by atoms with Gasteiger partial charge in [0, 0.05) is 36.5 Å². The molecular weight excluding hydrogens is 382 g/mol.